The number of benzene rings is 2. The number of nitrogens with two attached hydrogens (primary N) is 1. The highest BCUT2D eigenvalue weighted by atomic mass is 19.1. The molecular formula is C27H35FN4O. The van der Waals surface area contributed by atoms with Gasteiger partial charge in [-0.05, 0) is 54.3 Å². The molecule has 2 unspecified atom stereocenters. The molecule has 4 rings (SSSR count). The number of aliphatic hydroxyl groups excluding tert-OH is 1. The van der Waals surface area contributed by atoms with E-state index in [2.05, 4.69) is 34.2 Å². The van der Waals surface area contributed by atoms with Crippen molar-refractivity contribution >= 4 is 11.4 Å². The van der Waals surface area contributed by atoms with Crippen molar-refractivity contribution < 1.29 is 9.50 Å². The zero-order chi connectivity index (χ0) is 23.4. The van der Waals surface area contributed by atoms with Crippen molar-refractivity contribution in [2.45, 2.75) is 33.0 Å². The van der Waals surface area contributed by atoms with Gasteiger partial charge in [0.1, 0.15) is 12.0 Å². The van der Waals surface area contributed by atoms with Crippen molar-refractivity contribution in [1.29, 1.82) is 0 Å². The molecule has 1 fully saturated rings. The molecule has 1 heterocycles. The zero-order valence-electron chi connectivity index (χ0n) is 19.6. The molecule has 1 aliphatic carbocycles. The summed E-state index contributed by atoms with van der Waals surface area (Å²) in [6.07, 6.45) is 6.55. The maximum absolute atomic E-state index is 13.1. The summed E-state index contributed by atoms with van der Waals surface area (Å²) in [5.41, 5.74) is 10.6. The fourth-order valence-corrected chi connectivity index (χ4v) is 4.54. The van der Waals surface area contributed by atoms with Crippen LogP contribution in [-0.4, -0.2) is 53.9 Å². The number of allylic oxidation sites excluding steroid dienone is 1. The van der Waals surface area contributed by atoms with Gasteiger partial charge in [-0.2, -0.15) is 0 Å². The van der Waals surface area contributed by atoms with Gasteiger partial charge in [0, 0.05) is 56.1 Å². The van der Waals surface area contributed by atoms with Crippen molar-refractivity contribution in [3.63, 3.8) is 0 Å². The van der Waals surface area contributed by atoms with Crippen molar-refractivity contribution in [1.82, 2.24) is 9.80 Å². The Morgan fingerprint density at radius 2 is 1.79 bits per heavy atom. The van der Waals surface area contributed by atoms with Gasteiger partial charge in [-0.1, -0.05) is 43.4 Å². The highest BCUT2D eigenvalue weighted by molar-refractivity contribution is 5.59. The van der Waals surface area contributed by atoms with Gasteiger partial charge in [0.15, 0.2) is 0 Å². The zero-order valence-corrected chi connectivity index (χ0v) is 19.6. The number of nitrogens with one attached hydrogen (secondary N) is 1. The molecule has 0 saturated carbocycles. The van der Waals surface area contributed by atoms with Gasteiger partial charge in [-0.25, -0.2) is 4.39 Å². The molecule has 1 aliphatic heterocycles. The largest absolute Gasteiger partial charge is 0.398 e. The molecule has 0 radical (unpaired) electrons. The van der Waals surface area contributed by atoms with Crippen LogP contribution in [-0.2, 0) is 6.54 Å². The van der Waals surface area contributed by atoms with Gasteiger partial charge in [-0.3, -0.25) is 9.80 Å². The van der Waals surface area contributed by atoms with Crippen LogP contribution >= 0.6 is 0 Å². The lowest BCUT2D eigenvalue weighted by molar-refractivity contribution is 0.101. The number of hydrogen-bond acceptors (Lipinski definition) is 5. The first kappa shape index (κ1) is 23.5. The van der Waals surface area contributed by atoms with Crippen LogP contribution in [0.1, 0.15) is 24.5 Å². The topological polar surface area (TPSA) is 64.8 Å². The van der Waals surface area contributed by atoms with E-state index in [1.807, 2.05) is 43.3 Å². The third-order valence-corrected chi connectivity index (χ3v) is 6.75. The van der Waals surface area contributed by atoms with E-state index in [0.717, 1.165) is 68.1 Å². The number of aliphatic hydroxyl groups is 1. The Bertz CT molecular complexity index is 1010. The minimum absolute atomic E-state index is 0.0522. The maximum atomic E-state index is 13.1. The first-order valence-electron chi connectivity index (χ1n) is 11.7. The lowest BCUT2D eigenvalue weighted by Gasteiger charge is -2.40. The third kappa shape index (κ3) is 6.22. The van der Waals surface area contributed by atoms with Gasteiger partial charge in [-0.15, -0.1) is 0 Å². The summed E-state index contributed by atoms with van der Waals surface area (Å²) in [5.74, 6) is -0.183. The summed E-state index contributed by atoms with van der Waals surface area (Å²) in [6.45, 7) is 10.2. The summed E-state index contributed by atoms with van der Waals surface area (Å²) >= 11 is 0. The summed E-state index contributed by atoms with van der Waals surface area (Å²) in [6, 6.07) is 12.5. The smallest absolute Gasteiger partial charge is 0.150 e. The number of piperazine rings is 1. The second kappa shape index (κ2) is 10.1. The fraction of sp³-hybridized carbons (Fsp3) is 0.407. The third-order valence-electron chi connectivity index (χ3n) is 6.75. The fourth-order valence-electron chi connectivity index (χ4n) is 4.54. The van der Waals surface area contributed by atoms with E-state index in [4.69, 9.17) is 5.73 Å². The molecule has 0 aromatic heterocycles. The van der Waals surface area contributed by atoms with Gasteiger partial charge in [0.2, 0.25) is 0 Å². The van der Waals surface area contributed by atoms with E-state index in [1.54, 1.807) is 0 Å². The van der Waals surface area contributed by atoms with Crippen LogP contribution < -0.4 is 11.1 Å². The SMILES string of the molecule is Cc1ccc(NC(O)C2=CCC(C)(CN3CCN(Cc4ccc(F)cc4)CC3)C=C2)cc1N. The van der Waals surface area contributed by atoms with Gasteiger partial charge in [0.25, 0.3) is 0 Å². The highest BCUT2D eigenvalue weighted by Gasteiger charge is 2.28. The van der Waals surface area contributed by atoms with Crippen LogP contribution in [0.5, 0.6) is 0 Å². The molecule has 2 aliphatic rings. The number of nitrogen functional groups attached to an aromatic ring is 1. The lowest BCUT2D eigenvalue weighted by Crippen LogP contribution is -2.48. The van der Waals surface area contributed by atoms with Crippen LogP contribution in [0, 0.1) is 18.2 Å². The normalized spacial score (nSPS) is 22.7. The van der Waals surface area contributed by atoms with Crippen molar-refractivity contribution in [2.24, 2.45) is 5.41 Å². The summed E-state index contributed by atoms with van der Waals surface area (Å²) in [4.78, 5) is 4.95. The first-order chi connectivity index (χ1) is 15.8. The monoisotopic (exact) mass is 450 g/mol. The minimum Gasteiger partial charge on any atom is -0.398 e. The second-order valence-electron chi connectivity index (χ2n) is 9.69. The Morgan fingerprint density at radius 3 is 2.42 bits per heavy atom. The molecule has 0 spiro atoms. The van der Waals surface area contributed by atoms with Gasteiger partial charge >= 0.3 is 0 Å². The van der Waals surface area contributed by atoms with Crippen LogP contribution in [0.2, 0.25) is 0 Å². The Morgan fingerprint density at radius 1 is 1.09 bits per heavy atom. The Kier molecular flexibility index (Phi) is 7.17. The summed E-state index contributed by atoms with van der Waals surface area (Å²) in [7, 11) is 0. The minimum atomic E-state index is -0.761. The van der Waals surface area contributed by atoms with E-state index in [1.165, 1.54) is 12.1 Å². The van der Waals surface area contributed by atoms with Crippen LogP contribution in [0.3, 0.4) is 0 Å². The standard InChI is InChI=1S/C27H35FN4O/c1-20-3-8-24(17-25(20)29)30-26(33)22-9-11-27(2,12-10-22)19-32-15-13-31(14-16-32)18-21-4-6-23(28)7-5-21/h3-11,17,26,30,33H,12-16,18-19,29H2,1-2H3. The maximum Gasteiger partial charge on any atom is 0.150 e. The van der Waals surface area contributed by atoms with E-state index in [9.17, 15) is 9.50 Å². The van der Waals surface area contributed by atoms with E-state index in [0.29, 0.717) is 5.69 Å². The molecule has 33 heavy (non-hydrogen) atoms. The first-order valence-corrected chi connectivity index (χ1v) is 11.7. The van der Waals surface area contributed by atoms with E-state index in [-0.39, 0.29) is 11.2 Å². The van der Waals surface area contributed by atoms with Gasteiger partial charge in [0.05, 0.1) is 0 Å². The predicted molar refractivity (Wildman–Crippen MR) is 133 cm³/mol. The second-order valence-corrected chi connectivity index (χ2v) is 9.69. The molecule has 2 aromatic rings. The van der Waals surface area contributed by atoms with Crippen molar-refractivity contribution in [3.8, 4) is 0 Å². The van der Waals surface area contributed by atoms with Crippen LogP contribution in [0.15, 0.2) is 66.3 Å². The number of hydrogen-bond donors (Lipinski definition) is 3. The molecule has 176 valence electrons. The van der Waals surface area contributed by atoms with Crippen LogP contribution in [0.25, 0.3) is 0 Å². The van der Waals surface area contributed by atoms with Crippen molar-refractivity contribution in [3.05, 3.63) is 83.2 Å². The Labute approximate surface area is 196 Å². The summed E-state index contributed by atoms with van der Waals surface area (Å²) in [5, 5.41) is 13.8. The number of aryl methyl sites for hydroxylation is 1. The molecule has 6 heteroatoms. The number of rotatable bonds is 7. The molecule has 0 amide bonds. The molecule has 5 nitrogen and oxygen atoms in total. The highest BCUT2D eigenvalue weighted by Crippen LogP contribution is 2.32. The average Bonchev–Trinajstić information content (AvgIpc) is 2.79. The molecule has 2 atom stereocenters. The van der Waals surface area contributed by atoms with E-state index >= 15 is 0 Å². The molecule has 0 bridgehead atoms. The molecule has 1 saturated heterocycles. The molecule has 2 aromatic carbocycles. The van der Waals surface area contributed by atoms with Gasteiger partial charge < -0.3 is 16.2 Å². The predicted octanol–water partition coefficient (Wildman–Crippen LogP) is 4.16. The number of anilines is 2. The van der Waals surface area contributed by atoms with Crippen LogP contribution in [0.4, 0.5) is 15.8 Å². The van der Waals surface area contributed by atoms with E-state index < -0.39 is 6.23 Å². The summed E-state index contributed by atoms with van der Waals surface area (Å²) < 4.78 is 13.1. The Balaban J connectivity index is 1.25. The lowest BCUT2D eigenvalue weighted by atomic mass is 9.81. The molecule has 4 N–H and O–H groups in total. The quantitative estimate of drug-likeness (QED) is 0.437. The molecular weight excluding hydrogens is 415 g/mol. The van der Waals surface area contributed by atoms with Crippen molar-refractivity contribution in [2.75, 3.05) is 43.8 Å². The Hall–Kier alpha value is -2.67. The number of nitrogens with zero attached hydrogens (tertiary/aromatic N) is 2. The average molecular weight is 451 g/mol. The number of halogens is 1.